The van der Waals surface area contributed by atoms with Gasteiger partial charge in [0, 0.05) is 12.8 Å². The molecule has 0 radical (unpaired) electrons. The minimum Gasteiger partial charge on any atom is -0.462 e. The lowest BCUT2D eigenvalue weighted by molar-refractivity contribution is -0.161. The summed E-state index contributed by atoms with van der Waals surface area (Å²) >= 11 is 0. The lowest BCUT2D eigenvalue weighted by Crippen LogP contribution is -2.28. The predicted molar refractivity (Wildman–Crippen MR) is 196 cm³/mol. The van der Waals surface area contributed by atoms with Gasteiger partial charge < -0.3 is 14.6 Å². The maximum absolute atomic E-state index is 12.2. The molecule has 0 aliphatic rings. The van der Waals surface area contributed by atoms with Crippen molar-refractivity contribution in [3.05, 3.63) is 24.3 Å². The van der Waals surface area contributed by atoms with Gasteiger partial charge >= 0.3 is 11.9 Å². The van der Waals surface area contributed by atoms with Gasteiger partial charge in [-0.1, -0.05) is 154 Å². The predicted octanol–water partition coefficient (Wildman–Crippen LogP) is 12.3. The highest BCUT2D eigenvalue weighted by Crippen LogP contribution is 2.13. The highest BCUT2D eigenvalue weighted by molar-refractivity contribution is 5.70. The van der Waals surface area contributed by atoms with E-state index in [1.165, 1.54) is 135 Å². The van der Waals surface area contributed by atoms with Crippen LogP contribution < -0.4 is 0 Å². The molecule has 1 atom stereocenters. The summed E-state index contributed by atoms with van der Waals surface area (Å²) in [5.41, 5.74) is 0. The van der Waals surface area contributed by atoms with Gasteiger partial charge in [0.25, 0.3) is 0 Å². The summed E-state index contributed by atoms with van der Waals surface area (Å²) < 4.78 is 10.6. The largest absolute Gasteiger partial charge is 0.462 e. The molecule has 0 heterocycles. The average Bonchev–Trinajstić information content (AvgIpc) is 3.06. The molecule has 1 N–H and O–H groups in total. The summed E-state index contributed by atoms with van der Waals surface area (Å²) in [6, 6.07) is 0. The fraction of sp³-hybridized carbons (Fsp3) is 0.854. The number of allylic oxidation sites excluding steroid dienone is 4. The zero-order chi connectivity index (χ0) is 33.6. The first-order valence-corrected chi connectivity index (χ1v) is 19.9. The number of unbranched alkanes of at least 4 members (excludes halogenated alkanes) is 24. The number of rotatable bonds is 36. The third kappa shape index (κ3) is 35.2. The van der Waals surface area contributed by atoms with Gasteiger partial charge in [-0.2, -0.15) is 0 Å². The van der Waals surface area contributed by atoms with Crippen molar-refractivity contribution in [3.8, 4) is 0 Å². The molecule has 0 rings (SSSR count). The topological polar surface area (TPSA) is 72.8 Å². The van der Waals surface area contributed by atoms with Gasteiger partial charge in [-0.25, -0.2) is 0 Å². The molecule has 0 aliphatic heterocycles. The van der Waals surface area contributed by atoms with Crippen LogP contribution in [0.5, 0.6) is 0 Å². The maximum atomic E-state index is 12.2. The summed E-state index contributed by atoms with van der Waals surface area (Å²) in [5, 5.41) is 9.55. The van der Waals surface area contributed by atoms with Gasteiger partial charge in [-0.15, -0.1) is 0 Å². The van der Waals surface area contributed by atoms with Crippen LogP contribution in [0.15, 0.2) is 24.3 Å². The molecule has 0 bridgehead atoms. The summed E-state index contributed by atoms with van der Waals surface area (Å²) in [5.74, 6) is -0.601. The Kier molecular flexibility index (Phi) is 36.5. The number of hydrogen-bond donors (Lipinski definition) is 1. The molecule has 0 aliphatic carbocycles. The molecule has 5 heteroatoms. The van der Waals surface area contributed by atoms with Gasteiger partial charge in [-0.3, -0.25) is 9.59 Å². The van der Waals surface area contributed by atoms with Crippen LogP contribution in [0.4, 0.5) is 0 Å². The second-order valence-electron chi connectivity index (χ2n) is 13.4. The molecule has 0 saturated carbocycles. The molecule has 270 valence electrons. The van der Waals surface area contributed by atoms with Crippen LogP contribution in [-0.4, -0.2) is 36.4 Å². The fourth-order valence-electron chi connectivity index (χ4n) is 5.66. The van der Waals surface area contributed by atoms with Gasteiger partial charge in [0.2, 0.25) is 0 Å². The SMILES string of the molecule is CCCCCCCCC=CCCCCCCCCCC(=O)O[C@@H](CO)COC(=O)CCCCCCCC=CCCCCCCCC. The molecule has 0 amide bonds. The lowest BCUT2D eigenvalue weighted by atomic mass is 10.1. The third-order valence-electron chi connectivity index (χ3n) is 8.72. The van der Waals surface area contributed by atoms with E-state index in [1.54, 1.807) is 0 Å². The van der Waals surface area contributed by atoms with E-state index in [0.717, 1.165) is 44.9 Å². The highest BCUT2D eigenvalue weighted by atomic mass is 16.6. The molecule has 0 aromatic carbocycles. The fourth-order valence-corrected chi connectivity index (χ4v) is 5.66. The number of hydrogen-bond acceptors (Lipinski definition) is 5. The van der Waals surface area contributed by atoms with Crippen molar-refractivity contribution in [1.82, 2.24) is 0 Å². The van der Waals surface area contributed by atoms with Crippen LogP contribution in [0.1, 0.15) is 206 Å². The molecule has 46 heavy (non-hydrogen) atoms. The van der Waals surface area contributed by atoms with Crippen molar-refractivity contribution < 1.29 is 24.2 Å². The van der Waals surface area contributed by atoms with Crippen LogP contribution in [0, 0.1) is 0 Å². The van der Waals surface area contributed by atoms with Crippen molar-refractivity contribution in [1.29, 1.82) is 0 Å². The Labute approximate surface area is 285 Å². The molecule has 0 saturated heterocycles. The van der Waals surface area contributed by atoms with Crippen LogP contribution >= 0.6 is 0 Å². The Morgan fingerprint density at radius 2 is 0.804 bits per heavy atom. The first-order chi connectivity index (χ1) is 22.6. The van der Waals surface area contributed by atoms with Gasteiger partial charge in [0.1, 0.15) is 6.61 Å². The number of ether oxygens (including phenoxy) is 2. The van der Waals surface area contributed by atoms with E-state index in [9.17, 15) is 14.7 Å². The summed E-state index contributed by atoms with van der Waals surface area (Å²) in [4.78, 5) is 24.2. The number of carbonyl (C=O) groups is 2. The molecule has 0 spiro atoms. The standard InChI is InChI=1S/C41H76O5/c1-3-5-7-9-11-13-15-17-19-20-22-24-26-28-30-32-34-36-41(44)46-39(37-42)38-45-40(43)35-33-31-29-27-25-23-21-18-16-14-12-10-8-6-4-2/h17-19,21,39,42H,3-16,20,22-38H2,1-2H3/t39-/m0/s1. The van der Waals surface area contributed by atoms with E-state index >= 15 is 0 Å². The zero-order valence-corrected chi connectivity index (χ0v) is 30.6. The van der Waals surface area contributed by atoms with Crippen LogP contribution in [-0.2, 0) is 19.1 Å². The number of aliphatic hydroxyl groups is 1. The number of esters is 2. The van der Waals surface area contributed by atoms with Crippen molar-refractivity contribution in [2.75, 3.05) is 13.2 Å². The Morgan fingerprint density at radius 1 is 0.478 bits per heavy atom. The van der Waals surface area contributed by atoms with Gasteiger partial charge in [0.05, 0.1) is 6.61 Å². The Bertz CT molecular complexity index is 701. The monoisotopic (exact) mass is 649 g/mol. The van der Waals surface area contributed by atoms with E-state index in [2.05, 4.69) is 38.2 Å². The van der Waals surface area contributed by atoms with Crippen LogP contribution in [0.3, 0.4) is 0 Å². The van der Waals surface area contributed by atoms with E-state index < -0.39 is 6.10 Å². The van der Waals surface area contributed by atoms with Crippen molar-refractivity contribution in [3.63, 3.8) is 0 Å². The molecule has 5 nitrogen and oxygen atoms in total. The quantitative estimate of drug-likeness (QED) is 0.0416. The molecular weight excluding hydrogens is 572 g/mol. The molecular formula is C41H76O5. The van der Waals surface area contributed by atoms with E-state index in [4.69, 9.17) is 9.47 Å². The summed E-state index contributed by atoms with van der Waals surface area (Å²) in [7, 11) is 0. The van der Waals surface area contributed by atoms with Crippen molar-refractivity contribution in [2.45, 2.75) is 213 Å². The normalized spacial score (nSPS) is 12.3. The molecule has 0 aromatic rings. The van der Waals surface area contributed by atoms with Gasteiger partial charge in [0.15, 0.2) is 6.10 Å². The minimum absolute atomic E-state index is 0.0691. The van der Waals surface area contributed by atoms with Crippen LogP contribution in [0.25, 0.3) is 0 Å². The van der Waals surface area contributed by atoms with Crippen LogP contribution in [0.2, 0.25) is 0 Å². The first-order valence-electron chi connectivity index (χ1n) is 19.9. The first kappa shape index (κ1) is 44.4. The number of carbonyl (C=O) groups excluding carboxylic acids is 2. The number of aliphatic hydroxyl groups excluding tert-OH is 1. The summed E-state index contributed by atoms with van der Waals surface area (Å²) in [6.07, 6.45) is 43.8. The van der Waals surface area contributed by atoms with E-state index in [-0.39, 0.29) is 25.2 Å². The average molecular weight is 649 g/mol. The van der Waals surface area contributed by atoms with Crippen molar-refractivity contribution >= 4 is 11.9 Å². The lowest BCUT2D eigenvalue weighted by Gasteiger charge is -2.15. The third-order valence-corrected chi connectivity index (χ3v) is 8.72. The molecule has 0 fully saturated rings. The smallest absolute Gasteiger partial charge is 0.306 e. The maximum Gasteiger partial charge on any atom is 0.306 e. The van der Waals surface area contributed by atoms with E-state index in [0.29, 0.717) is 12.8 Å². The second kappa shape index (κ2) is 37.8. The Morgan fingerprint density at radius 3 is 1.17 bits per heavy atom. The highest BCUT2D eigenvalue weighted by Gasteiger charge is 2.16. The molecule has 0 aromatic heterocycles. The minimum atomic E-state index is -0.773. The Balaban J connectivity index is 3.55. The zero-order valence-electron chi connectivity index (χ0n) is 30.6. The van der Waals surface area contributed by atoms with Gasteiger partial charge in [-0.05, 0) is 64.2 Å². The van der Waals surface area contributed by atoms with E-state index in [1.807, 2.05) is 0 Å². The molecule has 0 unspecified atom stereocenters. The summed E-state index contributed by atoms with van der Waals surface area (Å²) in [6.45, 7) is 4.12. The second-order valence-corrected chi connectivity index (χ2v) is 13.4. The van der Waals surface area contributed by atoms with Crippen molar-refractivity contribution in [2.24, 2.45) is 0 Å². The Hall–Kier alpha value is -1.62.